The van der Waals surface area contributed by atoms with Crippen LogP contribution in [-0.2, 0) is 0 Å². The number of thiophene rings is 1. The van der Waals surface area contributed by atoms with Crippen LogP contribution in [0.15, 0.2) is 217 Å². The molecule has 0 spiro atoms. The van der Waals surface area contributed by atoms with E-state index in [2.05, 4.69) is 217 Å². The van der Waals surface area contributed by atoms with Crippen molar-refractivity contribution < 1.29 is 4.42 Å². The Kier molecular flexibility index (Phi) is 7.75. The molecule has 0 aliphatic rings. The molecular weight excluding hydrogens is 735 g/mol. The second-order valence-corrected chi connectivity index (χ2v) is 16.3. The third kappa shape index (κ3) is 5.62. The Labute approximate surface area is 345 Å². The number of furan rings is 1. The summed E-state index contributed by atoms with van der Waals surface area (Å²) in [6.07, 6.45) is 0. The van der Waals surface area contributed by atoms with Gasteiger partial charge >= 0.3 is 0 Å². The Morgan fingerprint density at radius 2 is 0.949 bits per heavy atom. The Hall–Kier alpha value is -7.46. The van der Waals surface area contributed by atoms with E-state index in [4.69, 9.17) is 4.42 Å². The quantitative estimate of drug-likeness (QED) is 0.167. The molecule has 0 aliphatic heterocycles. The number of benzene rings is 10. The van der Waals surface area contributed by atoms with Crippen molar-refractivity contribution in [1.82, 2.24) is 0 Å². The van der Waals surface area contributed by atoms with Gasteiger partial charge in [-0.2, -0.15) is 0 Å². The topological polar surface area (TPSA) is 16.4 Å². The first kappa shape index (κ1) is 33.7. The summed E-state index contributed by atoms with van der Waals surface area (Å²) in [6, 6.07) is 77.0. The number of hydrogen-bond acceptors (Lipinski definition) is 3. The molecule has 2 heterocycles. The van der Waals surface area contributed by atoms with Crippen LogP contribution in [0.25, 0.3) is 97.0 Å². The molecule has 0 unspecified atom stereocenters. The first-order valence-electron chi connectivity index (χ1n) is 20.1. The fraction of sp³-hybridized carbons (Fsp3) is 0. The molecule has 0 bridgehead atoms. The SMILES string of the molecule is c1cc(-c2cccc3oc4c5ccccc5ccc4c23)cc(N(c2ccc(-c3ccc4c(c3)sc3ccccc34)cc2)c2ccc(-c3cccc4ccccc34)cc2)c1. The molecule has 2 nitrogen and oxygen atoms in total. The minimum atomic E-state index is 0.893. The standard InChI is InChI=1S/C56H35NOS/c1-3-15-45-37(10-1)12-8-18-46(45)39-24-30-43(31-25-39)57(42-28-22-36(23-29-42)40-27-32-50-49-17-5-6-21-53(49)59-54(50)35-40)44-14-7-13-41(34-44)47-19-9-20-52-55(47)51-33-26-38-11-2-4-16-48(38)56(51)58-52/h1-35H. The molecule has 0 saturated carbocycles. The highest BCUT2D eigenvalue weighted by molar-refractivity contribution is 7.25. The van der Waals surface area contributed by atoms with E-state index in [1.54, 1.807) is 0 Å². The van der Waals surface area contributed by atoms with Crippen LogP contribution in [0, 0.1) is 0 Å². The smallest absolute Gasteiger partial charge is 0.143 e. The molecule has 0 radical (unpaired) electrons. The summed E-state index contributed by atoms with van der Waals surface area (Å²) in [5.41, 5.74) is 12.2. The van der Waals surface area contributed by atoms with Crippen molar-refractivity contribution in [2.75, 3.05) is 4.90 Å². The highest BCUT2D eigenvalue weighted by Crippen LogP contribution is 2.43. The fourth-order valence-electron chi connectivity index (χ4n) is 9.03. The van der Waals surface area contributed by atoms with Gasteiger partial charge in [-0.05, 0) is 110 Å². The van der Waals surface area contributed by atoms with Crippen LogP contribution in [0.5, 0.6) is 0 Å². The molecule has 0 N–H and O–H groups in total. The number of hydrogen-bond donors (Lipinski definition) is 0. The summed E-state index contributed by atoms with van der Waals surface area (Å²) in [7, 11) is 0. The van der Waals surface area contributed by atoms with Crippen molar-refractivity contribution in [3.05, 3.63) is 212 Å². The fourth-order valence-corrected chi connectivity index (χ4v) is 10.2. The van der Waals surface area contributed by atoms with E-state index >= 15 is 0 Å². The Bertz CT molecular complexity index is 3550. The molecule has 59 heavy (non-hydrogen) atoms. The predicted molar refractivity (Wildman–Crippen MR) is 253 cm³/mol. The molecule has 0 aliphatic carbocycles. The summed E-state index contributed by atoms with van der Waals surface area (Å²) < 4.78 is 9.23. The van der Waals surface area contributed by atoms with Crippen molar-refractivity contribution >= 4 is 92.1 Å². The molecule has 2 aromatic heterocycles. The Balaban J connectivity index is 0.981. The van der Waals surface area contributed by atoms with Gasteiger partial charge in [0.15, 0.2) is 0 Å². The second-order valence-electron chi connectivity index (χ2n) is 15.3. The molecular formula is C56H35NOS. The zero-order valence-electron chi connectivity index (χ0n) is 32.0. The lowest BCUT2D eigenvalue weighted by atomic mass is 9.97. The molecule has 12 aromatic rings. The summed E-state index contributed by atoms with van der Waals surface area (Å²) >= 11 is 1.86. The largest absolute Gasteiger partial charge is 0.455 e. The van der Waals surface area contributed by atoms with Gasteiger partial charge in [0.1, 0.15) is 11.2 Å². The normalized spacial score (nSPS) is 11.7. The molecule has 0 atom stereocenters. The van der Waals surface area contributed by atoms with Gasteiger partial charge in [-0.25, -0.2) is 0 Å². The molecule has 0 amide bonds. The summed E-state index contributed by atoms with van der Waals surface area (Å²) in [6.45, 7) is 0. The van der Waals surface area contributed by atoms with Gasteiger partial charge in [-0.1, -0.05) is 152 Å². The second kappa shape index (κ2) is 13.6. The lowest BCUT2D eigenvalue weighted by Crippen LogP contribution is -2.10. The van der Waals surface area contributed by atoms with E-state index in [1.807, 2.05) is 11.3 Å². The lowest BCUT2D eigenvalue weighted by Gasteiger charge is -2.26. The van der Waals surface area contributed by atoms with Crippen LogP contribution in [0.4, 0.5) is 17.1 Å². The number of anilines is 3. The Morgan fingerprint density at radius 3 is 1.78 bits per heavy atom. The lowest BCUT2D eigenvalue weighted by molar-refractivity contribution is 0.673. The maximum atomic E-state index is 6.60. The van der Waals surface area contributed by atoms with Crippen molar-refractivity contribution in [3.63, 3.8) is 0 Å². The number of rotatable bonds is 6. The van der Waals surface area contributed by atoms with Crippen molar-refractivity contribution in [3.8, 4) is 33.4 Å². The number of nitrogens with zero attached hydrogens (tertiary/aromatic N) is 1. The molecule has 10 aromatic carbocycles. The van der Waals surface area contributed by atoms with Crippen LogP contribution in [0.2, 0.25) is 0 Å². The summed E-state index contributed by atoms with van der Waals surface area (Å²) in [5.74, 6) is 0. The van der Waals surface area contributed by atoms with Crippen LogP contribution in [-0.4, -0.2) is 0 Å². The third-order valence-electron chi connectivity index (χ3n) is 11.9. The van der Waals surface area contributed by atoms with Crippen molar-refractivity contribution in [2.24, 2.45) is 0 Å². The van der Waals surface area contributed by atoms with Crippen LogP contribution < -0.4 is 4.90 Å². The van der Waals surface area contributed by atoms with Crippen LogP contribution >= 0.6 is 11.3 Å². The minimum absolute atomic E-state index is 0.893. The van der Waals surface area contributed by atoms with Gasteiger partial charge in [0.05, 0.1) is 0 Å². The highest BCUT2D eigenvalue weighted by Gasteiger charge is 2.18. The van der Waals surface area contributed by atoms with Gasteiger partial charge in [0.2, 0.25) is 0 Å². The summed E-state index contributed by atoms with van der Waals surface area (Å²) in [4.78, 5) is 2.37. The average molecular weight is 770 g/mol. The van der Waals surface area contributed by atoms with Gasteiger partial charge in [0.25, 0.3) is 0 Å². The monoisotopic (exact) mass is 769 g/mol. The zero-order valence-corrected chi connectivity index (χ0v) is 32.8. The number of fused-ring (bicyclic) bond motifs is 9. The summed E-state index contributed by atoms with van der Waals surface area (Å²) in [5, 5.41) is 9.71. The van der Waals surface area contributed by atoms with Crippen LogP contribution in [0.3, 0.4) is 0 Å². The van der Waals surface area contributed by atoms with E-state index in [9.17, 15) is 0 Å². The van der Waals surface area contributed by atoms with Gasteiger partial charge < -0.3 is 9.32 Å². The maximum Gasteiger partial charge on any atom is 0.143 e. The average Bonchev–Trinajstić information content (AvgIpc) is 3.88. The third-order valence-corrected chi connectivity index (χ3v) is 13.0. The molecule has 0 fully saturated rings. The molecule has 12 rings (SSSR count). The maximum absolute atomic E-state index is 6.60. The minimum Gasteiger partial charge on any atom is -0.455 e. The van der Waals surface area contributed by atoms with E-state index in [0.717, 1.165) is 55.5 Å². The Morgan fingerprint density at radius 1 is 0.339 bits per heavy atom. The van der Waals surface area contributed by atoms with E-state index < -0.39 is 0 Å². The van der Waals surface area contributed by atoms with Crippen LogP contribution in [0.1, 0.15) is 0 Å². The van der Waals surface area contributed by atoms with Gasteiger partial charge in [-0.3, -0.25) is 0 Å². The van der Waals surface area contributed by atoms with E-state index in [0.29, 0.717) is 0 Å². The van der Waals surface area contributed by atoms with E-state index in [-0.39, 0.29) is 0 Å². The first-order valence-corrected chi connectivity index (χ1v) is 20.9. The first-order chi connectivity index (χ1) is 29.2. The zero-order chi connectivity index (χ0) is 38.9. The molecule has 0 saturated heterocycles. The van der Waals surface area contributed by atoms with E-state index in [1.165, 1.54) is 58.6 Å². The van der Waals surface area contributed by atoms with Gasteiger partial charge in [0, 0.05) is 53.4 Å². The molecule has 3 heteroatoms. The van der Waals surface area contributed by atoms with Crippen molar-refractivity contribution in [1.29, 1.82) is 0 Å². The highest BCUT2D eigenvalue weighted by atomic mass is 32.1. The van der Waals surface area contributed by atoms with Crippen molar-refractivity contribution in [2.45, 2.75) is 0 Å². The predicted octanol–water partition coefficient (Wildman–Crippen LogP) is 16.7. The molecule has 276 valence electrons. The van der Waals surface area contributed by atoms with Gasteiger partial charge in [-0.15, -0.1) is 11.3 Å².